The predicted molar refractivity (Wildman–Crippen MR) is 134 cm³/mol. The maximum absolute atomic E-state index is 14.1. The molecular formula is C25H20F4N6O2S. The number of sulfonamides is 1. The second-order valence-electron chi connectivity index (χ2n) is 8.09. The summed E-state index contributed by atoms with van der Waals surface area (Å²) in [5.41, 5.74) is 6.00. The fourth-order valence-electron chi connectivity index (χ4n) is 3.57. The van der Waals surface area contributed by atoms with Gasteiger partial charge < -0.3 is 14.9 Å². The maximum atomic E-state index is 14.1. The van der Waals surface area contributed by atoms with E-state index >= 15 is 0 Å². The lowest BCUT2D eigenvalue weighted by Gasteiger charge is -2.10. The highest BCUT2D eigenvalue weighted by Crippen LogP contribution is 2.30. The summed E-state index contributed by atoms with van der Waals surface area (Å²) in [5, 5.41) is 17.6. The molecule has 8 nitrogen and oxygen atoms in total. The Bertz CT molecular complexity index is 1730. The average Bonchev–Trinajstić information content (AvgIpc) is 3.39. The lowest BCUT2D eigenvalue weighted by Crippen LogP contribution is -2.11. The van der Waals surface area contributed by atoms with Crippen LogP contribution in [-0.2, 0) is 24.1 Å². The van der Waals surface area contributed by atoms with Crippen LogP contribution in [0, 0.1) is 45.9 Å². The first-order valence-electron chi connectivity index (χ1n) is 10.6. The summed E-state index contributed by atoms with van der Waals surface area (Å²) >= 11 is 0. The number of benzene rings is 2. The van der Waals surface area contributed by atoms with Gasteiger partial charge in [-0.25, -0.2) is 26.0 Å². The summed E-state index contributed by atoms with van der Waals surface area (Å²) in [4.78, 5) is 0. The molecule has 2 heterocycles. The van der Waals surface area contributed by atoms with Crippen molar-refractivity contribution in [2.24, 2.45) is 14.1 Å². The Hall–Kier alpha value is -4.75. The van der Waals surface area contributed by atoms with E-state index in [-0.39, 0.29) is 16.8 Å². The molecule has 0 unspecified atom stereocenters. The molecule has 2 aromatic heterocycles. The van der Waals surface area contributed by atoms with Gasteiger partial charge in [0.05, 0.1) is 29.0 Å². The Kier molecular flexibility index (Phi) is 7.84. The van der Waals surface area contributed by atoms with Crippen LogP contribution in [-0.4, -0.2) is 23.8 Å². The van der Waals surface area contributed by atoms with Crippen molar-refractivity contribution >= 4 is 21.4 Å². The molecule has 0 atom stereocenters. The molecule has 0 bridgehead atoms. The molecule has 0 radical (unpaired) electrons. The van der Waals surface area contributed by atoms with E-state index in [4.69, 9.17) is 16.3 Å². The summed E-state index contributed by atoms with van der Waals surface area (Å²) in [5.74, 6) is -3.00. The number of halogens is 4. The van der Waals surface area contributed by atoms with Crippen molar-refractivity contribution in [1.82, 2.24) is 9.13 Å². The van der Waals surface area contributed by atoms with Crippen molar-refractivity contribution in [3.63, 3.8) is 0 Å². The third-order valence-corrected chi connectivity index (χ3v) is 6.05. The summed E-state index contributed by atoms with van der Waals surface area (Å²) in [6, 6.07) is 13.6. The Morgan fingerprint density at radius 2 is 1.21 bits per heavy atom. The van der Waals surface area contributed by atoms with Gasteiger partial charge in [0.2, 0.25) is 10.0 Å². The number of nitrogens with zero attached hydrogens (tertiary/aromatic N) is 4. The van der Waals surface area contributed by atoms with E-state index in [1.807, 2.05) is 16.9 Å². The van der Waals surface area contributed by atoms with Crippen molar-refractivity contribution in [3.05, 3.63) is 83.2 Å². The molecule has 0 amide bonds. The predicted octanol–water partition coefficient (Wildman–Crippen LogP) is 4.64. The average molecular weight is 545 g/mol. The summed E-state index contributed by atoms with van der Waals surface area (Å²) in [6.45, 7) is 0. The van der Waals surface area contributed by atoms with E-state index < -0.39 is 39.0 Å². The molecule has 3 N–H and O–H groups in total. The highest BCUT2D eigenvalue weighted by Gasteiger charge is 2.17. The van der Waals surface area contributed by atoms with E-state index in [1.165, 1.54) is 21.3 Å². The first kappa shape index (κ1) is 27.8. The van der Waals surface area contributed by atoms with Crippen LogP contribution < -0.4 is 10.5 Å². The Balaban J connectivity index is 0.000000215. The van der Waals surface area contributed by atoms with Gasteiger partial charge in [-0.1, -0.05) is 0 Å². The van der Waals surface area contributed by atoms with Crippen LogP contribution in [0.2, 0.25) is 0 Å². The van der Waals surface area contributed by atoms with E-state index in [9.17, 15) is 26.0 Å². The van der Waals surface area contributed by atoms with Crippen molar-refractivity contribution in [2.75, 3.05) is 16.7 Å². The van der Waals surface area contributed by atoms with E-state index in [1.54, 1.807) is 26.2 Å². The molecule has 13 heteroatoms. The largest absolute Gasteiger partial charge is 0.396 e. The van der Waals surface area contributed by atoms with Crippen molar-refractivity contribution < 1.29 is 26.0 Å². The molecule has 0 fully saturated rings. The minimum Gasteiger partial charge on any atom is -0.396 e. The quantitative estimate of drug-likeness (QED) is 0.286. The molecule has 196 valence electrons. The summed E-state index contributed by atoms with van der Waals surface area (Å²) in [6.07, 6.45) is 0.842. The van der Waals surface area contributed by atoms with Crippen LogP contribution in [0.4, 0.5) is 28.9 Å². The zero-order valence-electron chi connectivity index (χ0n) is 20.2. The van der Waals surface area contributed by atoms with Crippen LogP contribution in [0.25, 0.3) is 22.5 Å². The second kappa shape index (κ2) is 10.7. The highest BCUT2D eigenvalue weighted by molar-refractivity contribution is 7.92. The Labute approximate surface area is 215 Å². The zero-order valence-corrected chi connectivity index (χ0v) is 21.0. The maximum Gasteiger partial charge on any atom is 0.229 e. The lowest BCUT2D eigenvalue weighted by molar-refractivity contribution is 0.598. The van der Waals surface area contributed by atoms with Crippen LogP contribution >= 0.6 is 0 Å². The first-order chi connectivity index (χ1) is 17.8. The molecule has 0 saturated carbocycles. The van der Waals surface area contributed by atoms with Crippen molar-refractivity contribution in [2.45, 2.75) is 0 Å². The molecular weight excluding hydrogens is 524 g/mol. The molecule has 38 heavy (non-hydrogen) atoms. The molecule has 4 rings (SSSR count). The van der Waals surface area contributed by atoms with Crippen LogP contribution in [0.3, 0.4) is 0 Å². The van der Waals surface area contributed by atoms with Gasteiger partial charge >= 0.3 is 0 Å². The smallest absolute Gasteiger partial charge is 0.229 e. The monoisotopic (exact) mass is 544 g/mol. The molecule has 0 aliphatic heterocycles. The van der Waals surface area contributed by atoms with Gasteiger partial charge in [-0.3, -0.25) is 4.72 Å². The molecule has 2 aromatic carbocycles. The SMILES string of the molecule is Cn1c(C#N)ccc1-c1cc(F)c(N)cc1F.Cn1c(C#N)ccc1-c1cc(F)c(NS(C)(=O)=O)cc1F. The minimum atomic E-state index is -3.71. The van der Waals surface area contributed by atoms with Gasteiger partial charge in [0.1, 0.15) is 46.8 Å². The van der Waals surface area contributed by atoms with Crippen LogP contribution in [0.1, 0.15) is 11.4 Å². The number of rotatable bonds is 4. The number of nitrogens with two attached hydrogens (primary N) is 1. The van der Waals surface area contributed by atoms with Crippen molar-refractivity contribution in [3.8, 4) is 34.7 Å². The lowest BCUT2D eigenvalue weighted by atomic mass is 10.1. The molecule has 4 aromatic rings. The van der Waals surface area contributed by atoms with Gasteiger partial charge in [0.15, 0.2) is 0 Å². The Morgan fingerprint density at radius 1 is 0.763 bits per heavy atom. The summed E-state index contributed by atoms with van der Waals surface area (Å²) < 4.78 is 81.9. The van der Waals surface area contributed by atoms with Gasteiger partial charge in [-0.2, -0.15) is 10.5 Å². The van der Waals surface area contributed by atoms with Gasteiger partial charge in [0.25, 0.3) is 0 Å². The molecule has 0 spiro atoms. The van der Waals surface area contributed by atoms with E-state index in [2.05, 4.69) is 0 Å². The number of nitrogens with one attached hydrogen (secondary N) is 1. The second-order valence-corrected chi connectivity index (χ2v) is 9.84. The number of hydrogen-bond acceptors (Lipinski definition) is 5. The van der Waals surface area contributed by atoms with Gasteiger partial charge in [0, 0.05) is 37.4 Å². The molecule has 0 aliphatic rings. The number of aromatic nitrogens is 2. The van der Waals surface area contributed by atoms with Crippen LogP contribution in [0.15, 0.2) is 48.5 Å². The normalized spacial score (nSPS) is 10.8. The molecule has 0 aliphatic carbocycles. The molecule has 0 saturated heterocycles. The number of hydrogen-bond donors (Lipinski definition) is 2. The van der Waals surface area contributed by atoms with E-state index in [0.29, 0.717) is 22.8 Å². The van der Waals surface area contributed by atoms with Gasteiger partial charge in [-0.15, -0.1) is 0 Å². The third kappa shape index (κ3) is 5.79. The van der Waals surface area contributed by atoms with E-state index in [0.717, 1.165) is 30.5 Å². The van der Waals surface area contributed by atoms with Gasteiger partial charge in [-0.05, 0) is 36.4 Å². The van der Waals surface area contributed by atoms with Crippen molar-refractivity contribution in [1.29, 1.82) is 10.5 Å². The zero-order chi connectivity index (χ0) is 28.4. The number of anilines is 2. The Morgan fingerprint density at radius 3 is 1.63 bits per heavy atom. The number of nitriles is 2. The number of nitrogen functional groups attached to an aromatic ring is 1. The first-order valence-corrected chi connectivity index (χ1v) is 12.5. The topological polar surface area (TPSA) is 130 Å². The fourth-order valence-corrected chi connectivity index (χ4v) is 4.12. The van der Waals surface area contributed by atoms with Crippen LogP contribution in [0.5, 0.6) is 0 Å². The minimum absolute atomic E-state index is 0.0597. The standard InChI is InChI=1S/C13H11F2N3O2S.C12H9F2N3/c1-18-8(7-16)3-4-13(18)9-5-11(15)12(6-10(9)14)17-21(2,19)20;1-17-7(6-15)2-3-12(17)8-4-10(14)11(16)5-9(8)13/h3-6,17H,1-2H3;2-5H,16H2,1H3. The summed E-state index contributed by atoms with van der Waals surface area (Å²) in [7, 11) is -0.545. The fraction of sp³-hybridized carbons (Fsp3) is 0.120. The highest BCUT2D eigenvalue weighted by atomic mass is 32.2. The third-order valence-electron chi connectivity index (χ3n) is 5.46.